The molecule has 0 spiro atoms. The third-order valence-corrected chi connectivity index (χ3v) is 3.34. The first-order chi connectivity index (χ1) is 10.2. The van der Waals surface area contributed by atoms with Crippen molar-refractivity contribution in [1.29, 1.82) is 0 Å². The smallest absolute Gasteiger partial charge is 0.321 e. The molecule has 0 unspecified atom stereocenters. The van der Waals surface area contributed by atoms with E-state index in [2.05, 4.69) is 20.6 Å². The molecule has 21 heavy (non-hydrogen) atoms. The second kappa shape index (κ2) is 5.78. The normalized spacial score (nSPS) is 14.4. The molecule has 0 aliphatic carbocycles. The van der Waals surface area contributed by atoms with Gasteiger partial charge in [-0.05, 0) is 30.7 Å². The summed E-state index contributed by atoms with van der Waals surface area (Å²) in [5, 5.41) is 6.09. The largest absolute Gasteiger partial charge is 0.348 e. The molecule has 0 bridgehead atoms. The SMILES string of the molecule is Cc1cccc(NC(=O)N2CC(Nc3ncccn3)C2)c1. The molecule has 0 atom stereocenters. The Labute approximate surface area is 123 Å². The van der Waals surface area contributed by atoms with Gasteiger partial charge in [-0.1, -0.05) is 12.1 Å². The zero-order valence-corrected chi connectivity index (χ0v) is 11.8. The number of hydrogen-bond donors (Lipinski definition) is 2. The van der Waals surface area contributed by atoms with E-state index < -0.39 is 0 Å². The fraction of sp³-hybridized carbons (Fsp3) is 0.267. The molecule has 1 aliphatic rings. The highest BCUT2D eigenvalue weighted by molar-refractivity contribution is 5.90. The van der Waals surface area contributed by atoms with Crippen molar-refractivity contribution in [2.24, 2.45) is 0 Å². The lowest BCUT2D eigenvalue weighted by molar-refractivity contribution is 0.171. The quantitative estimate of drug-likeness (QED) is 0.905. The van der Waals surface area contributed by atoms with Crippen molar-refractivity contribution in [3.05, 3.63) is 48.3 Å². The first-order valence-corrected chi connectivity index (χ1v) is 6.87. The Bertz CT molecular complexity index is 625. The average molecular weight is 283 g/mol. The van der Waals surface area contributed by atoms with Gasteiger partial charge < -0.3 is 15.5 Å². The van der Waals surface area contributed by atoms with Crippen molar-refractivity contribution in [2.75, 3.05) is 23.7 Å². The number of hydrogen-bond acceptors (Lipinski definition) is 4. The molecule has 108 valence electrons. The summed E-state index contributed by atoms with van der Waals surface area (Å²) in [6.07, 6.45) is 3.38. The molecule has 0 saturated carbocycles. The van der Waals surface area contributed by atoms with Gasteiger partial charge in [0, 0.05) is 31.2 Å². The van der Waals surface area contributed by atoms with Crippen LogP contribution < -0.4 is 10.6 Å². The van der Waals surface area contributed by atoms with Gasteiger partial charge in [0.15, 0.2) is 0 Å². The number of urea groups is 1. The second-order valence-corrected chi connectivity index (χ2v) is 5.12. The first kappa shape index (κ1) is 13.4. The van der Waals surface area contributed by atoms with Gasteiger partial charge in [-0.25, -0.2) is 14.8 Å². The van der Waals surface area contributed by atoms with Crippen molar-refractivity contribution in [3.63, 3.8) is 0 Å². The number of benzene rings is 1. The van der Waals surface area contributed by atoms with E-state index in [4.69, 9.17) is 0 Å². The highest BCUT2D eigenvalue weighted by Crippen LogP contribution is 2.15. The van der Waals surface area contributed by atoms with Crippen LogP contribution in [0.15, 0.2) is 42.7 Å². The summed E-state index contributed by atoms with van der Waals surface area (Å²) >= 11 is 0. The van der Waals surface area contributed by atoms with E-state index in [-0.39, 0.29) is 12.1 Å². The minimum atomic E-state index is -0.0763. The number of nitrogens with zero attached hydrogens (tertiary/aromatic N) is 3. The molecular formula is C15H17N5O. The maximum atomic E-state index is 12.1. The van der Waals surface area contributed by atoms with E-state index in [0.717, 1.165) is 11.3 Å². The Hall–Kier alpha value is -2.63. The van der Waals surface area contributed by atoms with Crippen LogP contribution in [-0.4, -0.2) is 40.0 Å². The summed E-state index contributed by atoms with van der Waals surface area (Å²) in [5.41, 5.74) is 1.94. The molecule has 1 aliphatic heterocycles. The van der Waals surface area contributed by atoms with Crippen LogP contribution >= 0.6 is 0 Å². The molecule has 2 heterocycles. The molecule has 1 fully saturated rings. The predicted octanol–water partition coefficient (Wildman–Crippen LogP) is 2.11. The molecular weight excluding hydrogens is 266 g/mol. The fourth-order valence-electron chi connectivity index (χ4n) is 2.22. The Kier molecular flexibility index (Phi) is 3.68. The Balaban J connectivity index is 1.48. The van der Waals surface area contributed by atoms with E-state index in [1.807, 2.05) is 31.2 Å². The summed E-state index contributed by atoms with van der Waals surface area (Å²) in [6, 6.07) is 9.66. The van der Waals surface area contributed by atoms with Gasteiger partial charge in [-0.3, -0.25) is 0 Å². The third-order valence-electron chi connectivity index (χ3n) is 3.34. The molecule has 1 aromatic heterocycles. The topological polar surface area (TPSA) is 70.2 Å². The monoisotopic (exact) mass is 283 g/mol. The summed E-state index contributed by atoms with van der Waals surface area (Å²) in [7, 11) is 0. The van der Waals surface area contributed by atoms with Gasteiger partial charge in [0.05, 0.1) is 6.04 Å². The number of likely N-dealkylation sites (tertiary alicyclic amines) is 1. The van der Waals surface area contributed by atoms with E-state index in [1.54, 1.807) is 23.4 Å². The third kappa shape index (κ3) is 3.28. The zero-order chi connectivity index (χ0) is 14.7. The lowest BCUT2D eigenvalue weighted by Crippen LogP contribution is -2.58. The van der Waals surface area contributed by atoms with Crippen LogP contribution in [0.2, 0.25) is 0 Å². The maximum Gasteiger partial charge on any atom is 0.321 e. The van der Waals surface area contributed by atoms with Gasteiger partial charge in [0.25, 0.3) is 0 Å². The Morgan fingerprint density at radius 1 is 1.24 bits per heavy atom. The van der Waals surface area contributed by atoms with Crippen LogP contribution in [0, 0.1) is 6.92 Å². The molecule has 2 aromatic rings. The number of aromatic nitrogens is 2. The number of aryl methyl sites for hydroxylation is 1. The second-order valence-electron chi connectivity index (χ2n) is 5.12. The van der Waals surface area contributed by atoms with E-state index in [1.165, 1.54) is 0 Å². The Morgan fingerprint density at radius 2 is 2.00 bits per heavy atom. The summed E-state index contributed by atoms with van der Waals surface area (Å²) in [6.45, 7) is 3.30. The highest BCUT2D eigenvalue weighted by atomic mass is 16.2. The summed E-state index contributed by atoms with van der Waals surface area (Å²) < 4.78 is 0. The molecule has 0 radical (unpaired) electrons. The fourth-order valence-corrected chi connectivity index (χ4v) is 2.22. The molecule has 1 aromatic carbocycles. The van der Waals surface area contributed by atoms with E-state index in [0.29, 0.717) is 19.0 Å². The van der Waals surface area contributed by atoms with Crippen molar-refractivity contribution in [3.8, 4) is 0 Å². The molecule has 6 nitrogen and oxygen atoms in total. The van der Waals surface area contributed by atoms with Crippen LogP contribution in [0.4, 0.5) is 16.4 Å². The van der Waals surface area contributed by atoms with Gasteiger partial charge in [-0.15, -0.1) is 0 Å². The number of carbonyl (C=O) groups is 1. The van der Waals surface area contributed by atoms with Crippen molar-refractivity contribution >= 4 is 17.7 Å². The molecule has 1 saturated heterocycles. The number of amides is 2. The minimum Gasteiger partial charge on any atom is -0.348 e. The van der Waals surface area contributed by atoms with Crippen molar-refractivity contribution < 1.29 is 4.79 Å². The predicted molar refractivity (Wildman–Crippen MR) is 81.2 cm³/mol. The molecule has 6 heteroatoms. The molecule has 2 N–H and O–H groups in total. The van der Waals surface area contributed by atoms with Crippen LogP contribution in [-0.2, 0) is 0 Å². The van der Waals surface area contributed by atoms with Gasteiger partial charge >= 0.3 is 6.03 Å². The lowest BCUT2D eigenvalue weighted by atomic mass is 10.1. The first-order valence-electron chi connectivity index (χ1n) is 6.87. The lowest BCUT2D eigenvalue weighted by Gasteiger charge is -2.39. The van der Waals surface area contributed by atoms with E-state index >= 15 is 0 Å². The van der Waals surface area contributed by atoms with Crippen LogP contribution in [0.5, 0.6) is 0 Å². The molecule has 3 rings (SSSR count). The molecule has 2 amide bonds. The van der Waals surface area contributed by atoms with Gasteiger partial charge in [0.1, 0.15) is 0 Å². The van der Waals surface area contributed by atoms with E-state index in [9.17, 15) is 4.79 Å². The zero-order valence-electron chi connectivity index (χ0n) is 11.8. The average Bonchev–Trinajstić information content (AvgIpc) is 2.43. The van der Waals surface area contributed by atoms with Crippen LogP contribution in [0.3, 0.4) is 0 Å². The summed E-state index contributed by atoms with van der Waals surface area (Å²) in [4.78, 5) is 22.0. The summed E-state index contributed by atoms with van der Waals surface area (Å²) in [5.74, 6) is 0.598. The number of carbonyl (C=O) groups excluding carboxylic acids is 1. The van der Waals surface area contributed by atoms with Crippen molar-refractivity contribution in [1.82, 2.24) is 14.9 Å². The maximum absolute atomic E-state index is 12.1. The highest BCUT2D eigenvalue weighted by Gasteiger charge is 2.31. The Morgan fingerprint density at radius 3 is 2.71 bits per heavy atom. The standard InChI is InChI=1S/C15H17N5O/c1-11-4-2-5-12(8-11)19-15(21)20-9-13(10-20)18-14-16-6-3-7-17-14/h2-8,13H,9-10H2,1H3,(H,19,21)(H,16,17,18). The van der Waals surface area contributed by atoms with Crippen molar-refractivity contribution in [2.45, 2.75) is 13.0 Å². The van der Waals surface area contributed by atoms with Crippen LogP contribution in [0.25, 0.3) is 0 Å². The van der Waals surface area contributed by atoms with Gasteiger partial charge in [0.2, 0.25) is 5.95 Å². The van der Waals surface area contributed by atoms with Crippen LogP contribution in [0.1, 0.15) is 5.56 Å². The number of rotatable bonds is 3. The number of nitrogens with one attached hydrogen (secondary N) is 2. The van der Waals surface area contributed by atoms with Gasteiger partial charge in [-0.2, -0.15) is 0 Å². The minimum absolute atomic E-state index is 0.0763. The number of anilines is 2.